The van der Waals surface area contributed by atoms with Crippen molar-refractivity contribution in [1.29, 1.82) is 0 Å². The van der Waals surface area contributed by atoms with Crippen molar-refractivity contribution < 1.29 is 17.9 Å². The minimum atomic E-state index is -4.02. The van der Waals surface area contributed by atoms with Gasteiger partial charge in [-0.05, 0) is 61.4 Å². The molecule has 0 aliphatic heterocycles. The van der Waals surface area contributed by atoms with Crippen LogP contribution in [0.15, 0.2) is 53.6 Å². The molecular formula is C24H26N2O4S. The second-order valence-electron chi connectivity index (χ2n) is 8.72. The molecule has 2 saturated carbocycles. The van der Waals surface area contributed by atoms with Crippen molar-refractivity contribution in [2.75, 3.05) is 7.11 Å². The Balaban J connectivity index is 1.49. The zero-order valence-corrected chi connectivity index (χ0v) is 18.5. The molecule has 5 rings (SSSR count). The number of sulfonamides is 1. The number of fused-ring (bicyclic) bond motifs is 1. The highest BCUT2D eigenvalue weighted by molar-refractivity contribution is 7.90. The van der Waals surface area contributed by atoms with Gasteiger partial charge in [0.1, 0.15) is 5.75 Å². The molecule has 1 heterocycles. The van der Waals surface area contributed by atoms with Crippen LogP contribution >= 0.6 is 0 Å². The lowest BCUT2D eigenvalue weighted by atomic mass is 9.78. The van der Waals surface area contributed by atoms with Crippen LogP contribution in [0.3, 0.4) is 0 Å². The first-order valence-corrected chi connectivity index (χ1v) is 12.1. The zero-order valence-electron chi connectivity index (χ0n) is 17.7. The van der Waals surface area contributed by atoms with Crippen molar-refractivity contribution in [3.63, 3.8) is 0 Å². The Morgan fingerprint density at radius 1 is 1.16 bits per heavy atom. The summed E-state index contributed by atoms with van der Waals surface area (Å²) in [7, 11) is -0.572. The molecule has 3 aromatic rings. The lowest BCUT2D eigenvalue weighted by Gasteiger charge is -2.28. The standard InChI is InChI=1S/C24H26N2O4S/c1-26-14-11-18-20(26)7-4-8-22(18)31(28,29)25-23(27)24(12-13-24)19-15-17(16-5-3-6-16)9-10-21(19)30-2/h4,7-11,14-16H,3,5-6,12-13H2,1-2H3,(H,25,27). The smallest absolute Gasteiger partial charge is 0.264 e. The summed E-state index contributed by atoms with van der Waals surface area (Å²) in [5, 5.41) is 0.597. The van der Waals surface area contributed by atoms with E-state index in [9.17, 15) is 13.2 Å². The van der Waals surface area contributed by atoms with Crippen molar-refractivity contribution in [2.45, 2.75) is 48.3 Å². The van der Waals surface area contributed by atoms with Crippen LogP contribution in [0, 0.1) is 0 Å². The van der Waals surface area contributed by atoms with Gasteiger partial charge in [0, 0.05) is 29.7 Å². The summed E-state index contributed by atoms with van der Waals surface area (Å²) < 4.78 is 36.1. The van der Waals surface area contributed by atoms with Gasteiger partial charge in [-0.25, -0.2) is 13.1 Å². The Morgan fingerprint density at radius 2 is 1.94 bits per heavy atom. The molecule has 0 saturated heterocycles. The number of aromatic nitrogens is 1. The van der Waals surface area contributed by atoms with Crippen LogP contribution in [0.2, 0.25) is 0 Å². The fourth-order valence-corrected chi connectivity index (χ4v) is 5.89. The average molecular weight is 439 g/mol. The summed E-state index contributed by atoms with van der Waals surface area (Å²) >= 11 is 0. The van der Waals surface area contributed by atoms with Gasteiger partial charge in [0.25, 0.3) is 10.0 Å². The third-order valence-corrected chi connectivity index (χ3v) is 8.29. The quantitative estimate of drug-likeness (QED) is 0.631. The highest BCUT2D eigenvalue weighted by atomic mass is 32.2. The van der Waals surface area contributed by atoms with Gasteiger partial charge >= 0.3 is 0 Å². The van der Waals surface area contributed by atoms with E-state index >= 15 is 0 Å². The number of ether oxygens (including phenoxy) is 1. The van der Waals surface area contributed by atoms with Gasteiger partial charge in [0.15, 0.2) is 0 Å². The maximum absolute atomic E-state index is 13.3. The van der Waals surface area contributed by atoms with Crippen LogP contribution in [0.25, 0.3) is 10.9 Å². The Morgan fingerprint density at radius 3 is 2.58 bits per heavy atom. The van der Waals surface area contributed by atoms with Crippen LogP contribution in [-0.4, -0.2) is 26.0 Å². The Kier molecular flexibility index (Phi) is 4.62. The minimum Gasteiger partial charge on any atom is -0.496 e. The maximum atomic E-state index is 13.3. The number of methoxy groups -OCH3 is 1. The summed E-state index contributed by atoms with van der Waals surface area (Å²) in [5.41, 5.74) is 1.94. The van der Waals surface area contributed by atoms with Crippen LogP contribution in [0.4, 0.5) is 0 Å². The van der Waals surface area contributed by atoms with E-state index in [2.05, 4.69) is 16.9 Å². The van der Waals surface area contributed by atoms with Gasteiger partial charge < -0.3 is 9.30 Å². The average Bonchev–Trinajstić information content (AvgIpc) is 3.44. The molecule has 6 nitrogen and oxygen atoms in total. The molecule has 1 amide bonds. The fraction of sp³-hybridized carbons (Fsp3) is 0.375. The topological polar surface area (TPSA) is 77.4 Å². The fourth-order valence-electron chi connectivity index (χ4n) is 4.62. The summed E-state index contributed by atoms with van der Waals surface area (Å²) in [6.07, 6.45) is 6.55. The van der Waals surface area contributed by atoms with Crippen molar-refractivity contribution in [3.05, 3.63) is 59.8 Å². The molecule has 2 aliphatic rings. The van der Waals surface area contributed by atoms with Gasteiger partial charge in [0.05, 0.1) is 17.4 Å². The van der Waals surface area contributed by atoms with E-state index in [4.69, 9.17) is 4.74 Å². The molecular weight excluding hydrogens is 412 g/mol. The van der Waals surface area contributed by atoms with Crippen molar-refractivity contribution in [3.8, 4) is 5.75 Å². The molecule has 1 aromatic heterocycles. The van der Waals surface area contributed by atoms with Crippen LogP contribution < -0.4 is 9.46 Å². The monoisotopic (exact) mass is 438 g/mol. The molecule has 0 atom stereocenters. The van der Waals surface area contributed by atoms with Gasteiger partial charge in [-0.1, -0.05) is 24.6 Å². The van der Waals surface area contributed by atoms with Crippen molar-refractivity contribution in [2.24, 2.45) is 7.05 Å². The van der Waals surface area contributed by atoms with E-state index in [-0.39, 0.29) is 4.90 Å². The number of hydrogen-bond donors (Lipinski definition) is 1. The molecule has 162 valence electrons. The molecule has 2 aliphatic carbocycles. The van der Waals surface area contributed by atoms with Crippen LogP contribution in [0.5, 0.6) is 5.75 Å². The molecule has 2 fully saturated rings. The van der Waals surface area contributed by atoms with Crippen LogP contribution in [0.1, 0.15) is 49.1 Å². The van der Waals surface area contributed by atoms with Crippen molar-refractivity contribution in [1.82, 2.24) is 9.29 Å². The van der Waals surface area contributed by atoms with Crippen LogP contribution in [-0.2, 0) is 27.3 Å². The molecule has 1 N–H and O–H groups in total. The van der Waals surface area contributed by atoms with Gasteiger partial charge in [-0.15, -0.1) is 0 Å². The third kappa shape index (κ3) is 3.22. The highest BCUT2D eigenvalue weighted by Gasteiger charge is 2.54. The Labute approximate surface area is 182 Å². The predicted octanol–water partition coefficient (Wildman–Crippen LogP) is 3.99. The number of carbonyl (C=O) groups excluding carboxylic acids is 1. The molecule has 31 heavy (non-hydrogen) atoms. The van der Waals surface area contributed by atoms with E-state index in [0.717, 1.165) is 23.9 Å². The second kappa shape index (κ2) is 7.12. The first-order valence-electron chi connectivity index (χ1n) is 10.7. The lowest BCUT2D eigenvalue weighted by molar-refractivity contribution is -0.121. The third-order valence-electron chi connectivity index (χ3n) is 6.90. The number of amides is 1. The number of rotatable bonds is 6. The highest BCUT2D eigenvalue weighted by Crippen LogP contribution is 2.53. The SMILES string of the molecule is COc1ccc(C2CCC2)cc1C1(C(=O)NS(=O)(=O)c2cccc3c2ccn3C)CC1. The van der Waals surface area contributed by atoms with E-state index in [1.54, 1.807) is 19.2 Å². The number of aryl methyl sites for hydroxylation is 1. The Hall–Kier alpha value is -2.80. The largest absolute Gasteiger partial charge is 0.496 e. The van der Waals surface area contributed by atoms with Gasteiger partial charge in [-0.2, -0.15) is 0 Å². The van der Waals surface area contributed by atoms with Gasteiger partial charge in [-0.3, -0.25) is 4.79 Å². The first kappa shape index (κ1) is 20.1. The maximum Gasteiger partial charge on any atom is 0.264 e. The van der Waals surface area contributed by atoms with E-state index < -0.39 is 21.3 Å². The summed E-state index contributed by atoms with van der Waals surface area (Å²) in [6, 6.07) is 12.9. The van der Waals surface area contributed by atoms with E-state index in [0.29, 0.717) is 29.9 Å². The number of carbonyl (C=O) groups is 1. The number of nitrogens with zero attached hydrogens (tertiary/aromatic N) is 1. The summed E-state index contributed by atoms with van der Waals surface area (Å²) in [4.78, 5) is 13.5. The van der Waals surface area contributed by atoms with E-state index in [1.807, 2.05) is 29.9 Å². The zero-order chi connectivity index (χ0) is 21.8. The molecule has 7 heteroatoms. The van der Waals surface area contributed by atoms with Crippen molar-refractivity contribution >= 4 is 26.8 Å². The summed E-state index contributed by atoms with van der Waals surface area (Å²) in [6.45, 7) is 0. The molecule has 0 spiro atoms. The predicted molar refractivity (Wildman–Crippen MR) is 119 cm³/mol. The molecule has 0 bridgehead atoms. The molecule has 0 radical (unpaired) electrons. The van der Waals surface area contributed by atoms with E-state index in [1.165, 1.54) is 18.1 Å². The number of hydrogen-bond acceptors (Lipinski definition) is 4. The second-order valence-corrected chi connectivity index (χ2v) is 10.4. The number of benzene rings is 2. The normalized spacial score (nSPS) is 17.9. The van der Waals surface area contributed by atoms with Gasteiger partial charge in [0.2, 0.25) is 5.91 Å². The Bertz CT molecular complexity index is 1280. The molecule has 0 unspecified atom stereocenters. The first-order chi connectivity index (χ1) is 14.9. The molecule has 2 aromatic carbocycles. The summed E-state index contributed by atoms with van der Waals surface area (Å²) in [5.74, 6) is 0.672. The lowest BCUT2D eigenvalue weighted by Crippen LogP contribution is -2.39. The minimum absolute atomic E-state index is 0.116. The number of nitrogens with one attached hydrogen (secondary N) is 1.